The van der Waals surface area contributed by atoms with Crippen LogP contribution in [0, 0.1) is 0 Å². The van der Waals surface area contributed by atoms with Gasteiger partial charge in [0.2, 0.25) is 0 Å². The topological polar surface area (TPSA) is 82.0 Å². The maximum absolute atomic E-state index is 11.9. The fraction of sp³-hybridized carbons (Fsp3) is 0.929. The Labute approximate surface area is 121 Å². The number of hydrogen-bond donors (Lipinski definition) is 3. The number of piperidine rings is 1. The summed E-state index contributed by atoms with van der Waals surface area (Å²) in [6.45, 7) is 8.54. The minimum Gasteiger partial charge on any atom is -0.444 e. The van der Waals surface area contributed by atoms with Crippen molar-refractivity contribution in [1.82, 2.24) is 10.2 Å². The molecule has 0 aromatic heterocycles. The Morgan fingerprint density at radius 2 is 1.85 bits per heavy atom. The van der Waals surface area contributed by atoms with Gasteiger partial charge in [-0.1, -0.05) is 0 Å². The Bertz CT molecular complexity index is 318. The predicted molar refractivity (Wildman–Crippen MR) is 76.5 cm³/mol. The van der Waals surface area contributed by atoms with E-state index in [9.17, 15) is 9.90 Å². The number of nitrogens with one attached hydrogen (secondary N) is 1. The molecule has 1 saturated heterocycles. The monoisotopic (exact) mass is 288 g/mol. The zero-order valence-corrected chi connectivity index (χ0v) is 13.0. The maximum Gasteiger partial charge on any atom is 0.410 e. The largest absolute Gasteiger partial charge is 0.444 e. The zero-order valence-electron chi connectivity index (χ0n) is 13.0. The zero-order chi connectivity index (χ0) is 15.4. The van der Waals surface area contributed by atoms with Crippen molar-refractivity contribution < 1.29 is 19.7 Å². The summed E-state index contributed by atoms with van der Waals surface area (Å²) < 4.78 is 5.34. The minimum absolute atomic E-state index is 0.256. The van der Waals surface area contributed by atoms with Crippen molar-refractivity contribution in [2.24, 2.45) is 0 Å². The molecule has 0 aromatic rings. The van der Waals surface area contributed by atoms with Gasteiger partial charge in [0, 0.05) is 25.7 Å². The highest BCUT2D eigenvalue weighted by atomic mass is 16.6. The lowest BCUT2D eigenvalue weighted by molar-refractivity contribution is -0.00281. The third-order valence-corrected chi connectivity index (χ3v) is 3.26. The number of amides is 1. The molecular weight excluding hydrogens is 260 g/mol. The third-order valence-electron chi connectivity index (χ3n) is 3.26. The summed E-state index contributed by atoms with van der Waals surface area (Å²) >= 11 is 0. The van der Waals surface area contributed by atoms with E-state index in [-0.39, 0.29) is 18.7 Å². The highest BCUT2D eigenvalue weighted by Gasteiger charge is 2.28. The molecule has 0 radical (unpaired) electrons. The van der Waals surface area contributed by atoms with Gasteiger partial charge in [-0.05, 0) is 40.5 Å². The fourth-order valence-corrected chi connectivity index (χ4v) is 2.01. The van der Waals surface area contributed by atoms with Crippen LogP contribution in [0.4, 0.5) is 4.79 Å². The average molecular weight is 288 g/mol. The van der Waals surface area contributed by atoms with Crippen molar-refractivity contribution in [3.8, 4) is 0 Å². The lowest BCUT2D eigenvalue weighted by Crippen LogP contribution is -2.50. The number of aliphatic hydroxyl groups is 2. The van der Waals surface area contributed by atoms with Crippen molar-refractivity contribution >= 4 is 6.09 Å². The quantitative estimate of drug-likeness (QED) is 0.710. The van der Waals surface area contributed by atoms with Crippen molar-refractivity contribution in [3.63, 3.8) is 0 Å². The SMILES string of the molecule is CC(O)(CO)CNC1CCN(C(=O)OC(C)(C)C)CC1. The lowest BCUT2D eigenvalue weighted by atomic mass is 10.0. The molecule has 1 heterocycles. The Balaban J connectivity index is 2.31. The smallest absolute Gasteiger partial charge is 0.410 e. The number of carbonyl (C=O) groups excluding carboxylic acids is 1. The summed E-state index contributed by atoms with van der Waals surface area (Å²) in [4.78, 5) is 13.6. The van der Waals surface area contributed by atoms with E-state index >= 15 is 0 Å². The molecule has 1 fully saturated rings. The first-order chi connectivity index (χ1) is 9.13. The highest BCUT2D eigenvalue weighted by molar-refractivity contribution is 5.68. The van der Waals surface area contributed by atoms with E-state index in [1.54, 1.807) is 11.8 Å². The van der Waals surface area contributed by atoms with Gasteiger partial charge in [0.05, 0.1) is 12.2 Å². The molecule has 0 aromatic carbocycles. The van der Waals surface area contributed by atoms with Gasteiger partial charge in [-0.15, -0.1) is 0 Å². The summed E-state index contributed by atoms with van der Waals surface area (Å²) in [7, 11) is 0. The van der Waals surface area contributed by atoms with Gasteiger partial charge in [-0.2, -0.15) is 0 Å². The number of carbonyl (C=O) groups is 1. The fourth-order valence-electron chi connectivity index (χ4n) is 2.01. The lowest BCUT2D eigenvalue weighted by Gasteiger charge is -2.35. The van der Waals surface area contributed by atoms with Crippen LogP contribution in [0.3, 0.4) is 0 Å². The highest BCUT2D eigenvalue weighted by Crippen LogP contribution is 2.15. The molecule has 0 spiro atoms. The molecule has 1 aliphatic heterocycles. The van der Waals surface area contributed by atoms with Crippen LogP contribution in [-0.2, 0) is 4.74 Å². The summed E-state index contributed by atoms with van der Waals surface area (Å²) in [5.41, 5.74) is -1.56. The summed E-state index contributed by atoms with van der Waals surface area (Å²) in [6, 6.07) is 0.256. The van der Waals surface area contributed by atoms with Crippen molar-refractivity contribution in [2.45, 2.75) is 57.8 Å². The second-order valence-corrected chi connectivity index (χ2v) is 6.78. The van der Waals surface area contributed by atoms with E-state index in [1.165, 1.54) is 0 Å². The first kappa shape index (κ1) is 17.2. The number of aliphatic hydroxyl groups excluding tert-OH is 1. The van der Waals surface area contributed by atoms with Crippen LogP contribution in [0.2, 0.25) is 0 Å². The van der Waals surface area contributed by atoms with E-state index in [2.05, 4.69) is 5.32 Å². The molecule has 1 amide bonds. The van der Waals surface area contributed by atoms with E-state index in [1.807, 2.05) is 20.8 Å². The molecule has 1 aliphatic rings. The van der Waals surface area contributed by atoms with Crippen LogP contribution in [-0.4, -0.2) is 64.7 Å². The van der Waals surface area contributed by atoms with Gasteiger partial charge >= 0.3 is 6.09 Å². The Kier molecular flexibility index (Phi) is 5.79. The second-order valence-electron chi connectivity index (χ2n) is 6.78. The van der Waals surface area contributed by atoms with Crippen molar-refractivity contribution in [2.75, 3.05) is 26.2 Å². The van der Waals surface area contributed by atoms with Crippen LogP contribution in [0.5, 0.6) is 0 Å². The Morgan fingerprint density at radius 3 is 2.30 bits per heavy atom. The number of ether oxygens (including phenoxy) is 1. The number of nitrogens with zero attached hydrogens (tertiary/aromatic N) is 1. The van der Waals surface area contributed by atoms with Crippen molar-refractivity contribution in [3.05, 3.63) is 0 Å². The summed E-state index contributed by atoms with van der Waals surface area (Å²) in [5.74, 6) is 0. The summed E-state index contributed by atoms with van der Waals surface area (Å²) in [6.07, 6.45) is 1.37. The van der Waals surface area contributed by atoms with E-state index < -0.39 is 11.2 Å². The van der Waals surface area contributed by atoms with Crippen LogP contribution in [0.25, 0.3) is 0 Å². The molecule has 3 N–H and O–H groups in total. The number of likely N-dealkylation sites (tertiary alicyclic amines) is 1. The first-order valence-corrected chi connectivity index (χ1v) is 7.17. The first-order valence-electron chi connectivity index (χ1n) is 7.17. The molecule has 1 unspecified atom stereocenters. The molecule has 0 bridgehead atoms. The number of hydrogen-bond acceptors (Lipinski definition) is 5. The average Bonchev–Trinajstić information content (AvgIpc) is 2.35. The normalized spacial score (nSPS) is 20.6. The van der Waals surface area contributed by atoms with Crippen LogP contribution in [0.15, 0.2) is 0 Å². The standard InChI is InChI=1S/C14H28N2O4/c1-13(2,3)20-12(18)16-7-5-11(6-8-16)15-9-14(4,19)10-17/h11,15,17,19H,5-10H2,1-4H3. The molecule has 0 aliphatic carbocycles. The summed E-state index contributed by atoms with van der Waals surface area (Å²) in [5, 5.41) is 21.9. The van der Waals surface area contributed by atoms with Gasteiger partial charge in [-0.25, -0.2) is 4.79 Å². The van der Waals surface area contributed by atoms with Crippen LogP contribution < -0.4 is 5.32 Å². The predicted octanol–water partition coefficient (Wildman–Crippen LogP) is 0.719. The third kappa shape index (κ3) is 6.07. The molecule has 20 heavy (non-hydrogen) atoms. The molecule has 118 valence electrons. The van der Waals surface area contributed by atoms with Gasteiger partial charge in [-0.3, -0.25) is 0 Å². The molecular formula is C14H28N2O4. The maximum atomic E-state index is 11.9. The number of rotatable bonds is 4. The van der Waals surface area contributed by atoms with Crippen molar-refractivity contribution in [1.29, 1.82) is 0 Å². The second kappa shape index (κ2) is 6.74. The Hall–Kier alpha value is -0.850. The Morgan fingerprint density at radius 1 is 1.30 bits per heavy atom. The van der Waals surface area contributed by atoms with E-state index in [0.29, 0.717) is 19.6 Å². The van der Waals surface area contributed by atoms with Gasteiger partial charge in [0.15, 0.2) is 0 Å². The molecule has 1 atom stereocenters. The van der Waals surface area contributed by atoms with Gasteiger partial charge < -0.3 is 25.2 Å². The minimum atomic E-state index is -1.09. The van der Waals surface area contributed by atoms with Gasteiger partial charge in [0.25, 0.3) is 0 Å². The molecule has 6 heteroatoms. The molecule has 0 saturated carbocycles. The van der Waals surface area contributed by atoms with E-state index in [4.69, 9.17) is 9.84 Å². The molecule has 6 nitrogen and oxygen atoms in total. The van der Waals surface area contributed by atoms with Gasteiger partial charge in [0.1, 0.15) is 5.60 Å². The molecule has 1 rings (SSSR count). The van der Waals surface area contributed by atoms with E-state index in [0.717, 1.165) is 12.8 Å². The van der Waals surface area contributed by atoms with Crippen LogP contribution in [0.1, 0.15) is 40.5 Å². The van der Waals surface area contributed by atoms with Crippen LogP contribution >= 0.6 is 0 Å².